The highest BCUT2D eigenvalue weighted by Gasteiger charge is 2.27. The lowest BCUT2D eigenvalue weighted by Gasteiger charge is -2.12. The molecule has 0 bridgehead atoms. The number of aryl methyl sites for hydroxylation is 1. The Bertz CT molecular complexity index is 1030. The minimum absolute atomic E-state index is 0.322. The second-order valence-electron chi connectivity index (χ2n) is 6.57. The van der Waals surface area contributed by atoms with Gasteiger partial charge in [0.2, 0.25) is 0 Å². The molecule has 0 unspecified atom stereocenters. The smallest absolute Gasteiger partial charge is 0.341 e. The molecule has 29 heavy (non-hydrogen) atoms. The zero-order valence-corrected chi connectivity index (χ0v) is 17.5. The van der Waals surface area contributed by atoms with Crippen molar-refractivity contribution in [3.05, 3.63) is 70.6 Å². The monoisotopic (exact) mass is 424 g/mol. The minimum atomic E-state index is -0.322. The molecule has 7 heteroatoms. The summed E-state index contributed by atoms with van der Waals surface area (Å²) in [4.78, 5) is 13.5. The third kappa shape index (κ3) is 4.41. The van der Waals surface area contributed by atoms with E-state index in [1.807, 2.05) is 54.6 Å². The lowest BCUT2D eigenvalue weighted by atomic mass is 10.1. The second-order valence-corrected chi connectivity index (χ2v) is 8.09. The van der Waals surface area contributed by atoms with E-state index in [0.717, 1.165) is 47.0 Å². The standard InChI is InChI=1S/C22H20N2O3S2/c1-26-21(25)19-17-8-5-9-18(17)29-20(19)24-22(28)23-14-10-12-16(13-11-14)27-15-6-3-2-4-7-15/h2-4,6-7,10-13H,5,8-9H2,1H3,(H2,23,24,28). The molecule has 0 saturated heterocycles. The number of para-hydroxylation sites is 1. The van der Waals surface area contributed by atoms with Crippen molar-refractivity contribution >= 4 is 45.3 Å². The predicted octanol–water partition coefficient (Wildman–Crippen LogP) is 5.62. The highest BCUT2D eigenvalue weighted by Crippen LogP contribution is 2.39. The number of esters is 1. The van der Waals surface area contributed by atoms with Crippen LogP contribution in [0.2, 0.25) is 0 Å². The quantitative estimate of drug-likeness (QED) is 0.409. The van der Waals surface area contributed by atoms with Crippen LogP contribution in [-0.2, 0) is 17.6 Å². The van der Waals surface area contributed by atoms with Gasteiger partial charge in [0.25, 0.3) is 0 Å². The first-order valence-electron chi connectivity index (χ1n) is 9.28. The number of ether oxygens (including phenoxy) is 2. The van der Waals surface area contributed by atoms with Crippen LogP contribution in [0.25, 0.3) is 0 Å². The number of hydrogen-bond acceptors (Lipinski definition) is 5. The topological polar surface area (TPSA) is 59.6 Å². The number of anilines is 2. The lowest BCUT2D eigenvalue weighted by Crippen LogP contribution is -2.20. The fourth-order valence-corrected chi connectivity index (χ4v) is 4.87. The first-order chi connectivity index (χ1) is 14.1. The molecule has 5 nitrogen and oxygen atoms in total. The Morgan fingerprint density at radius 3 is 2.45 bits per heavy atom. The van der Waals surface area contributed by atoms with Crippen molar-refractivity contribution in [2.75, 3.05) is 17.7 Å². The highest BCUT2D eigenvalue weighted by molar-refractivity contribution is 7.80. The van der Waals surface area contributed by atoms with Gasteiger partial charge in [0.15, 0.2) is 5.11 Å². The number of carbonyl (C=O) groups is 1. The Morgan fingerprint density at radius 1 is 1.00 bits per heavy atom. The maximum atomic E-state index is 12.2. The summed E-state index contributed by atoms with van der Waals surface area (Å²) in [6, 6.07) is 17.1. The third-order valence-electron chi connectivity index (χ3n) is 4.63. The number of rotatable bonds is 5. The molecular weight excluding hydrogens is 404 g/mol. The molecule has 0 radical (unpaired) electrons. The van der Waals surface area contributed by atoms with E-state index in [1.165, 1.54) is 12.0 Å². The van der Waals surface area contributed by atoms with Gasteiger partial charge < -0.3 is 20.1 Å². The predicted molar refractivity (Wildman–Crippen MR) is 120 cm³/mol. The van der Waals surface area contributed by atoms with Crippen LogP contribution in [0.4, 0.5) is 10.7 Å². The van der Waals surface area contributed by atoms with Crippen molar-refractivity contribution in [2.45, 2.75) is 19.3 Å². The van der Waals surface area contributed by atoms with Crippen molar-refractivity contribution in [1.82, 2.24) is 0 Å². The van der Waals surface area contributed by atoms with Crippen molar-refractivity contribution in [3.8, 4) is 11.5 Å². The molecular formula is C22H20N2O3S2. The number of carbonyl (C=O) groups excluding carboxylic acids is 1. The van der Waals surface area contributed by atoms with Crippen LogP contribution in [0, 0.1) is 0 Å². The summed E-state index contributed by atoms with van der Waals surface area (Å²) < 4.78 is 10.8. The number of nitrogens with one attached hydrogen (secondary N) is 2. The summed E-state index contributed by atoms with van der Waals surface area (Å²) in [5, 5.41) is 7.48. The molecule has 1 aromatic heterocycles. The number of hydrogen-bond donors (Lipinski definition) is 2. The van der Waals surface area contributed by atoms with Gasteiger partial charge in [-0.2, -0.15) is 0 Å². The van der Waals surface area contributed by atoms with Crippen LogP contribution in [0.3, 0.4) is 0 Å². The summed E-state index contributed by atoms with van der Waals surface area (Å²) in [5.74, 6) is 1.20. The molecule has 0 amide bonds. The van der Waals surface area contributed by atoms with Crippen molar-refractivity contribution in [2.24, 2.45) is 0 Å². The Balaban J connectivity index is 1.42. The van der Waals surface area contributed by atoms with Gasteiger partial charge in [-0.25, -0.2) is 4.79 Å². The number of methoxy groups -OCH3 is 1. The molecule has 0 aliphatic heterocycles. The normalized spacial score (nSPS) is 12.2. The van der Waals surface area contributed by atoms with Crippen molar-refractivity contribution < 1.29 is 14.3 Å². The van der Waals surface area contributed by atoms with Gasteiger partial charge >= 0.3 is 5.97 Å². The second kappa shape index (κ2) is 8.63. The molecule has 3 aromatic rings. The number of fused-ring (bicyclic) bond motifs is 1. The molecule has 1 aliphatic rings. The lowest BCUT2D eigenvalue weighted by molar-refractivity contribution is 0.0601. The van der Waals surface area contributed by atoms with Gasteiger partial charge in [-0.05, 0) is 73.4 Å². The van der Waals surface area contributed by atoms with Crippen LogP contribution in [0.1, 0.15) is 27.2 Å². The van der Waals surface area contributed by atoms with E-state index in [-0.39, 0.29) is 5.97 Å². The third-order valence-corrected chi connectivity index (χ3v) is 6.04. The zero-order valence-electron chi connectivity index (χ0n) is 15.9. The van der Waals surface area contributed by atoms with Crippen LogP contribution in [0.5, 0.6) is 11.5 Å². The molecule has 0 spiro atoms. The van der Waals surface area contributed by atoms with Gasteiger partial charge in [0, 0.05) is 10.6 Å². The van der Waals surface area contributed by atoms with Gasteiger partial charge in [0.1, 0.15) is 16.5 Å². The molecule has 1 aliphatic carbocycles. The first kappa shape index (κ1) is 19.4. The van der Waals surface area contributed by atoms with E-state index in [0.29, 0.717) is 10.7 Å². The van der Waals surface area contributed by atoms with E-state index < -0.39 is 0 Å². The fraction of sp³-hybridized carbons (Fsp3) is 0.182. The van der Waals surface area contributed by atoms with E-state index in [1.54, 1.807) is 11.3 Å². The van der Waals surface area contributed by atoms with Crippen molar-refractivity contribution in [1.29, 1.82) is 0 Å². The minimum Gasteiger partial charge on any atom is -0.465 e. The fourth-order valence-electron chi connectivity index (χ4n) is 3.31. The van der Waals surface area contributed by atoms with Crippen LogP contribution < -0.4 is 15.4 Å². The highest BCUT2D eigenvalue weighted by atomic mass is 32.1. The largest absolute Gasteiger partial charge is 0.465 e. The van der Waals surface area contributed by atoms with Gasteiger partial charge in [-0.15, -0.1) is 11.3 Å². The van der Waals surface area contributed by atoms with Gasteiger partial charge in [-0.1, -0.05) is 18.2 Å². The Labute approximate surface area is 178 Å². The summed E-state index contributed by atoms with van der Waals surface area (Å²) in [7, 11) is 1.40. The van der Waals surface area contributed by atoms with Crippen LogP contribution >= 0.6 is 23.6 Å². The summed E-state index contributed by atoms with van der Waals surface area (Å²) >= 11 is 7.02. The molecule has 2 N–H and O–H groups in total. The van der Waals surface area contributed by atoms with Crippen LogP contribution in [-0.4, -0.2) is 18.2 Å². The van der Waals surface area contributed by atoms with Gasteiger partial charge in [0.05, 0.1) is 12.7 Å². The van der Waals surface area contributed by atoms with Gasteiger partial charge in [-0.3, -0.25) is 0 Å². The molecule has 2 aromatic carbocycles. The van der Waals surface area contributed by atoms with E-state index in [9.17, 15) is 4.79 Å². The van der Waals surface area contributed by atoms with E-state index in [2.05, 4.69) is 10.6 Å². The average molecular weight is 425 g/mol. The maximum Gasteiger partial charge on any atom is 0.341 e. The Hall–Kier alpha value is -2.90. The average Bonchev–Trinajstić information content (AvgIpc) is 3.30. The summed E-state index contributed by atoms with van der Waals surface area (Å²) in [5.41, 5.74) is 2.53. The molecule has 0 fully saturated rings. The molecule has 148 valence electrons. The summed E-state index contributed by atoms with van der Waals surface area (Å²) in [6.07, 6.45) is 2.97. The number of thiocarbonyl (C=S) groups is 1. The molecule has 1 heterocycles. The molecule has 0 saturated carbocycles. The van der Waals surface area contributed by atoms with Crippen molar-refractivity contribution in [3.63, 3.8) is 0 Å². The zero-order chi connectivity index (χ0) is 20.2. The molecule has 4 rings (SSSR count). The SMILES string of the molecule is COC(=O)c1c(NC(=S)Nc2ccc(Oc3ccccc3)cc2)sc2c1CCC2. The molecule has 0 atom stereocenters. The van der Waals surface area contributed by atoms with E-state index in [4.69, 9.17) is 21.7 Å². The first-order valence-corrected chi connectivity index (χ1v) is 10.5. The maximum absolute atomic E-state index is 12.2. The number of thiophene rings is 1. The Kier molecular flexibility index (Phi) is 5.78. The number of benzene rings is 2. The Morgan fingerprint density at radius 2 is 1.72 bits per heavy atom. The van der Waals surface area contributed by atoms with E-state index >= 15 is 0 Å². The summed E-state index contributed by atoms with van der Waals surface area (Å²) in [6.45, 7) is 0. The van der Waals surface area contributed by atoms with Crippen LogP contribution in [0.15, 0.2) is 54.6 Å².